The summed E-state index contributed by atoms with van der Waals surface area (Å²) in [5, 5.41) is 7.57. The molecule has 1 aliphatic heterocycles. The monoisotopic (exact) mass is 402 g/mol. The van der Waals surface area contributed by atoms with Crippen molar-refractivity contribution in [1.82, 2.24) is 15.6 Å². The van der Waals surface area contributed by atoms with Crippen molar-refractivity contribution in [3.05, 3.63) is 15.6 Å². The van der Waals surface area contributed by atoms with Gasteiger partial charge in [0.15, 0.2) is 15.8 Å². The topological polar surface area (TPSA) is 92.7 Å². The van der Waals surface area contributed by atoms with Crippen LogP contribution in [-0.2, 0) is 21.0 Å². The maximum Gasteiger partial charge on any atom is 0.191 e. The summed E-state index contributed by atoms with van der Waals surface area (Å²) in [6.45, 7) is 8.69. The van der Waals surface area contributed by atoms with Crippen LogP contribution in [0.25, 0.3) is 0 Å². The first-order valence-electron chi connectivity index (χ1n) is 9.00. The van der Waals surface area contributed by atoms with Crippen LogP contribution in [0, 0.1) is 13.8 Å². The maximum absolute atomic E-state index is 12.3. The highest BCUT2D eigenvalue weighted by Gasteiger charge is 2.42. The van der Waals surface area contributed by atoms with Crippen molar-refractivity contribution in [2.75, 3.05) is 39.1 Å². The van der Waals surface area contributed by atoms with Crippen molar-refractivity contribution in [3.8, 4) is 0 Å². The Labute approximate surface area is 160 Å². The van der Waals surface area contributed by atoms with Gasteiger partial charge in [-0.15, -0.1) is 11.3 Å². The number of ether oxygens (including phenoxy) is 1. The predicted molar refractivity (Wildman–Crippen MR) is 107 cm³/mol. The summed E-state index contributed by atoms with van der Waals surface area (Å²) in [6.07, 6.45) is 3.11. The summed E-state index contributed by atoms with van der Waals surface area (Å²) in [5.74, 6) is 0.645. The SMILES string of the molecule is CCNC(=NCC1(S(C)(=O)=O)CCOCC1)NCCc1nc(C)c(C)s1. The molecule has 0 unspecified atom stereocenters. The van der Waals surface area contributed by atoms with Crippen LogP contribution in [0.1, 0.15) is 35.3 Å². The fraction of sp³-hybridized carbons (Fsp3) is 0.765. The van der Waals surface area contributed by atoms with Gasteiger partial charge in [-0.2, -0.15) is 0 Å². The van der Waals surface area contributed by atoms with Crippen LogP contribution in [0.2, 0.25) is 0 Å². The average molecular weight is 403 g/mol. The number of sulfone groups is 1. The Hall–Kier alpha value is -1.19. The molecule has 0 spiro atoms. The van der Waals surface area contributed by atoms with E-state index in [4.69, 9.17) is 4.74 Å². The number of rotatable bonds is 7. The van der Waals surface area contributed by atoms with Crippen LogP contribution in [-0.4, -0.2) is 63.2 Å². The summed E-state index contributed by atoms with van der Waals surface area (Å²) >= 11 is 1.71. The molecular formula is C17H30N4O3S2. The molecular weight excluding hydrogens is 372 g/mol. The first-order valence-corrected chi connectivity index (χ1v) is 11.7. The van der Waals surface area contributed by atoms with Gasteiger partial charge in [0.2, 0.25) is 0 Å². The van der Waals surface area contributed by atoms with E-state index in [1.54, 1.807) is 11.3 Å². The highest BCUT2D eigenvalue weighted by molar-refractivity contribution is 7.92. The highest BCUT2D eigenvalue weighted by Crippen LogP contribution is 2.29. The summed E-state index contributed by atoms with van der Waals surface area (Å²) in [4.78, 5) is 10.4. The number of hydrogen-bond acceptors (Lipinski definition) is 6. The molecule has 1 fully saturated rings. The number of hydrogen-bond donors (Lipinski definition) is 2. The smallest absolute Gasteiger partial charge is 0.191 e. The minimum absolute atomic E-state index is 0.250. The lowest BCUT2D eigenvalue weighted by Crippen LogP contribution is -2.47. The molecule has 0 radical (unpaired) electrons. The van der Waals surface area contributed by atoms with E-state index in [-0.39, 0.29) is 6.54 Å². The molecule has 9 heteroatoms. The lowest BCUT2D eigenvalue weighted by atomic mass is 9.99. The Kier molecular flexibility index (Phi) is 7.42. The zero-order valence-electron chi connectivity index (χ0n) is 16.1. The van der Waals surface area contributed by atoms with Gasteiger partial charge < -0.3 is 15.4 Å². The molecule has 0 aliphatic carbocycles. The molecule has 0 atom stereocenters. The van der Waals surface area contributed by atoms with Gasteiger partial charge in [0.25, 0.3) is 0 Å². The van der Waals surface area contributed by atoms with Crippen LogP contribution < -0.4 is 10.6 Å². The van der Waals surface area contributed by atoms with Crippen molar-refractivity contribution < 1.29 is 13.2 Å². The standard InChI is InChI=1S/C17H30N4O3S2/c1-5-18-16(19-9-6-15-21-13(2)14(3)25-15)20-12-17(26(4,22)23)7-10-24-11-8-17/h5-12H2,1-4H3,(H2,18,19,20). The van der Waals surface area contributed by atoms with Gasteiger partial charge in [0.1, 0.15) is 0 Å². The molecule has 2 heterocycles. The largest absolute Gasteiger partial charge is 0.381 e. The second kappa shape index (κ2) is 9.14. The third-order valence-electron chi connectivity index (χ3n) is 4.76. The van der Waals surface area contributed by atoms with Gasteiger partial charge in [0.05, 0.1) is 22.0 Å². The molecule has 0 amide bonds. The summed E-state index contributed by atoms with van der Waals surface area (Å²) < 4.78 is 29.2. The van der Waals surface area contributed by atoms with E-state index in [0.717, 1.165) is 23.7 Å². The van der Waals surface area contributed by atoms with Crippen molar-refractivity contribution >= 4 is 27.1 Å². The minimum Gasteiger partial charge on any atom is -0.381 e. The van der Waals surface area contributed by atoms with E-state index in [1.165, 1.54) is 11.1 Å². The van der Waals surface area contributed by atoms with E-state index in [9.17, 15) is 8.42 Å². The minimum atomic E-state index is -3.21. The van der Waals surface area contributed by atoms with Crippen LogP contribution in [0.5, 0.6) is 0 Å². The normalized spacial score (nSPS) is 17.9. The lowest BCUT2D eigenvalue weighted by Gasteiger charge is -2.34. The van der Waals surface area contributed by atoms with Gasteiger partial charge in [-0.25, -0.2) is 13.4 Å². The summed E-state index contributed by atoms with van der Waals surface area (Å²) in [7, 11) is -3.21. The molecule has 0 bridgehead atoms. The molecule has 7 nitrogen and oxygen atoms in total. The Morgan fingerprint density at radius 3 is 2.54 bits per heavy atom. The predicted octanol–water partition coefficient (Wildman–Crippen LogP) is 1.45. The molecule has 1 aromatic heterocycles. The van der Waals surface area contributed by atoms with E-state index in [0.29, 0.717) is 38.6 Å². The summed E-state index contributed by atoms with van der Waals surface area (Å²) in [5.41, 5.74) is 1.08. The Morgan fingerprint density at radius 1 is 1.31 bits per heavy atom. The van der Waals surface area contributed by atoms with Gasteiger partial charge in [-0.05, 0) is 33.6 Å². The van der Waals surface area contributed by atoms with Crippen LogP contribution in [0.15, 0.2) is 4.99 Å². The molecule has 0 aromatic carbocycles. The van der Waals surface area contributed by atoms with Crippen LogP contribution in [0.4, 0.5) is 0 Å². The quantitative estimate of drug-likeness (QED) is 0.530. The second-order valence-corrected chi connectivity index (χ2v) is 10.4. The van der Waals surface area contributed by atoms with Gasteiger partial charge in [-0.1, -0.05) is 0 Å². The second-order valence-electron chi connectivity index (χ2n) is 6.69. The Bertz CT molecular complexity index is 703. The van der Waals surface area contributed by atoms with E-state index in [2.05, 4.69) is 27.5 Å². The van der Waals surface area contributed by atoms with Crippen molar-refractivity contribution in [1.29, 1.82) is 0 Å². The van der Waals surface area contributed by atoms with Crippen LogP contribution in [0.3, 0.4) is 0 Å². The number of thiazole rings is 1. The van der Waals surface area contributed by atoms with Gasteiger partial charge >= 0.3 is 0 Å². The third-order valence-corrected chi connectivity index (χ3v) is 8.01. The average Bonchev–Trinajstić information content (AvgIpc) is 2.90. The molecule has 0 saturated carbocycles. The maximum atomic E-state index is 12.3. The molecule has 148 valence electrons. The van der Waals surface area contributed by atoms with Gasteiger partial charge in [0, 0.05) is 43.9 Å². The lowest BCUT2D eigenvalue weighted by molar-refractivity contribution is 0.0768. The molecule has 2 rings (SSSR count). The number of aryl methyl sites for hydroxylation is 2. The first kappa shape index (κ1) is 21.1. The van der Waals surface area contributed by atoms with Crippen molar-refractivity contribution in [2.45, 2.75) is 44.8 Å². The van der Waals surface area contributed by atoms with Gasteiger partial charge in [-0.3, -0.25) is 4.99 Å². The molecule has 1 saturated heterocycles. The molecule has 1 aliphatic rings. The third kappa shape index (κ3) is 5.40. The van der Waals surface area contributed by atoms with E-state index in [1.807, 2.05) is 13.8 Å². The number of nitrogens with zero attached hydrogens (tertiary/aromatic N) is 2. The highest BCUT2D eigenvalue weighted by atomic mass is 32.2. The van der Waals surface area contributed by atoms with Crippen molar-refractivity contribution in [2.24, 2.45) is 4.99 Å². The Balaban J connectivity index is 2.00. The number of guanidine groups is 1. The number of nitrogens with one attached hydrogen (secondary N) is 2. The molecule has 1 aromatic rings. The van der Waals surface area contributed by atoms with E-state index >= 15 is 0 Å². The summed E-state index contributed by atoms with van der Waals surface area (Å²) in [6, 6.07) is 0. The fourth-order valence-electron chi connectivity index (χ4n) is 2.89. The van der Waals surface area contributed by atoms with Crippen LogP contribution >= 0.6 is 11.3 Å². The number of aromatic nitrogens is 1. The molecule has 26 heavy (non-hydrogen) atoms. The van der Waals surface area contributed by atoms with Crippen molar-refractivity contribution in [3.63, 3.8) is 0 Å². The fourth-order valence-corrected chi connectivity index (χ4v) is 5.03. The molecule has 2 N–H and O–H groups in total. The first-order chi connectivity index (χ1) is 12.3. The van der Waals surface area contributed by atoms with E-state index < -0.39 is 14.6 Å². The number of aliphatic imine (C=N–C) groups is 1. The zero-order chi connectivity index (χ0) is 19.2. The zero-order valence-corrected chi connectivity index (χ0v) is 17.7. The Morgan fingerprint density at radius 2 is 2.00 bits per heavy atom.